The summed E-state index contributed by atoms with van der Waals surface area (Å²) in [5, 5.41) is 85.6. The third-order valence-electron chi connectivity index (χ3n) is 6.56. The quantitative estimate of drug-likeness (QED) is 0.115. The molecule has 0 radical (unpaired) electrons. The van der Waals surface area contributed by atoms with E-state index in [9.17, 15) is 40.5 Å². The van der Waals surface area contributed by atoms with E-state index in [1.807, 2.05) is 0 Å². The van der Waals surface area contributed by atoms with Gasteiger partial charge in [-0.1, -0.05) is 58.3 Å². The van der Waals surface area contributed by atoms with E-state index in [4.69, 9.17) is 24.4 Å². The molecule has 2 rings (SSSR count). The largest absolute Gasteiger partial charge is 0.481 e. The fourth-order valence-corrected chi connectivity index (χ4v) is 4.18. The predicted octanol–water partition coefficient (Wildman–Crippen LogP) is -1.40. The second-order valence-corrected chi connectivity index (χ2v) is 9.57. The van der Waals surface area contributed by atoms with Crippen molar-refractivity contribution in [2.75, 3.05) is 19.8 Å². The van der Waals surface area contributed by atoms with Crippen LogP contribution in [0, 0.1) is 0 Å². The monoisotopic (exact) mass is 542 g/mol. The average Bonchev–Trinajstić information content (AvgIpc) is 2.88. The maximum absolute atomic E-state index is 10.2. The van der Waals surface area contributed by atoms with Crippen LogP contribution in [0.2, 0.25) is 0 Å². The number of aliphatic hydroxyl groups is 8. The molecular weight excluding hydrogens is 496 g/mol. The van der Waals surface area contributed by atoms with Gasteiger partial charge in [-0.05, 0) is 6.42 Å². The van der Waals surface area contributed by atoms with Crippen molar-refractivity contribution in [3.05, 3.63) is 0 Å². The van der Waals surface area contributed by atoms with E-state index in [1.165, 1.54) is 44.9 Å². The Balaban J connectivity index is 0.000000422. The Kier molecular flexibility index (Phi) is 16.2. The SMILES string of the molecule is CCCCCCCCCCCC(=O)O.OC[C@H]1O[C@H](O)[C@H](O[C@]2(CO)OC[C@@H](O)[C@@H](O)[C@@H]2O)[C@@H](O)[C@@H]1O. The highest BCUT2D eigenvalue weighted by Gasteiger charge is 2.55. The molecule has 0 saturated carbocycles. The molecule has 13 heteroatoms. The Hall–Kier alpha value is -0.970. The Morgan fingerprint density at radius 1 is 0.865 bits per heavy atom. The lowest BCUT2D eigenvalue weighted by Gasteiger charge is -2.48. The van der Waals surface area contributed by atoms with Gasteiger partial charge in [-0.3, -0.25) is 4.79 Å². The third-order valence-corrected chi connectivity index (χ3v) is 6.56. The van der Waals surface area contributed by atoms with Crippen molar-refractivity contribution in [1.29, 1.82) is 0 Å². The number of unbranched alkanes of at least 4 members (excludes halogenated alkanes) is 8. The minimum absolute atomic E-state index is 0.343. The first-order chi connectivity index (χ1) is 17.5. The Morgan fingerprint density at radius 3 is 1.95 bits per heavy atom. The van der Waals surface area contributed by atoms with Crippen molar-refractivity contribution in [2.45, 2.75) is 126 Å². The molecule has 9 atom stereocenters. The molecule has 0 aromatic carbocycles. The van der Waals surface area contributed by atoms with E-state index >= 15 is 0 Å². The maximum atomic E-state index is 10.2. The van der Waals surface area contributed by atoms with E-state index in [0.717, 1.165) is 12.8 Å². The lowest BCUT2D eigenvalue weighted by molar-refractivity contribution is -0.399. The Labute approximate surface area is 217 Å². The summed E-state index contributed by atoms with van der Waals surface area (Å²) in [4.78, 5) is 10.2. The molecule has 2 heterocycles. The molecule has 9 N–H and O–H groups in total. The summed E-state index contributed by atoms with van der Waals surface area (Å²) in [7, 11) is 0. The van der Waals surface area contributed by atoms with Crippen LogP contribution in [0.25, 0.3) is 0 Å². The number of carboxylic acids is 1. The molecule has 0 spiro atoms. The molecule has 0 aliphatic carbocycles. The second kappa shape index (κ2) is 17.6. The number of hydrogen-bond donors (Lipinski definition) is 9. The van der Waals surface area contributed by atoms with Crippen LogP contribution in [-0.2, 0) is 19.0 Å². The topological polar surface area (TPSA) is 227 Å². The van der Waals surface area contributed by atoms with Crippen LogP contribution in [-0.4, -0.2) is 127 Å². The summed E-state index contributed by atoms with van der Waals surface area (Å²) >= 11 is 0. The van der Waals surface area contributed by atoms with Crippen LogP contribution < -0.4 is 0 Å². The van der Waals surface area contributed by atoms with E-state index in [1.54, 1.807) is 0 Å². The number of carbonyl (C=O) groups is 1. The predicted molar refractivity (Wildman–Crippen MR) is 128 cm³/mol. The van der Waals surface area contributed by atoms with Crippen molar-refractivity contribution in [3.8, 4) is 0 Å². The summed E-state index contributed by atoms with van der Waals surface area (Å²) in [5.41, 5.74) is 0. The highest BCUT2D eigenvalue weighted by molar-refractivity contribution is 5.66. The van der Waals surface area contributed by atoms with Crippen LogP contribution in [0.5, 0.6) is 0 Å². The van der Waals surface area contributed by atoms with Gasteiger partial charge >= 0.3 is 5.97 Å². The molecule has 13 nitrogen and oxygen atoms in total. The average molecular weight is 543 g/mol. The Bertz CT molecular complexity index is 623. The van der Waals surface area contributed by atoms with Gasteiger partial charge in [-0.25, -0.2) is 0 Å². The van der Waals surface area contributed by atoms with Crippen LogP contribution in [0.3, 0.4) is 0 Å². The lowest BCUT2D eigenvalue weighted by Crippen LogP contribution is -2.68. The zero-order chi connectivity index (χ0) is 28.0. The van der Waals surface area contributed by atoms with Gasteiger partial charge in [0.25, 0.3) is 0 Å². The van der Waals surface area contributed by atoms with Crippen molar-refractivity contribution in [1.82, 2.24) is 0 Å². The van der Waals surface area contributed by atoms with Crippen LogP contribution in [0.15, 0.2) is 0 Å². The van der Waals surface area contributed by atoms with E-state index in [2.05, 4.69) is 6.92 Å². The standard InChI is InChI=1S/C12H22O11.C12H24O2/c13-1-5-7(17)8(18)9(11(20)22-5)23-12(3-14)10(19)6(16)4(15)2-21-12;1-2-3-4-5-6-7-8-9-10-11-12(13)14/h4-11,13-20H,1-3H2;2-11H2,1H3,(H,13,14)/t4-,5-,6-,7-,8+,9-,10+,11+,12+;/m1./s1. The van der Waals surface area contributed by atoms with Crippen molar-refractivity contribution in [3.63, 3.8) is 0 Å². The summed E-state index contributed by atoms with van der Waals surface area (Å²) in [6, 6.07) is 0. The maximum Gasteiger partial charge on any atom is 0.303 e. The van der Waals surface area contributed by atoms with Crippen LogP contribution in [0.1, 0.15) is 71.1 Å². The van der Waals surface area contributed by atoms with Gasteiger partial charge in [0.15, 0.2) is 6.29 Å². The molecule has 2 fully saturated rings. The first-order valence-corrected chi connectivity index (χ1v) is 13.0. The highest BCUT2D eigenvalue weighted by Crippen LogP contribution is 2.32. The fourth-order valence-electron chi connectivity index (χ4n) is 4.18. The minimum Gasteiger partial charge on any atom is -0.481 e. The highest BCUT2D eigenvalue weighted by atomic mass is 16.8. The van der Waals surface area contributed by atoms with Crippen molar-refractivity contribution < 1.29 is 65.0 Å². The van der Waals surface area contributed by atoms with E-state index in [-0.39, 0.29) is 0 Å². The number of aliphatic hydroxyl groups excluding tert-OH is 8. The molecule has 0 amide bonds. The first kappa shape index (κ1) is 34.1. The van der Waals surface area contributed by atoms with Crippen molar-refractivity contribution >= 4 is 5.97 Å². The normalized spacial score (nSPS) is 36.0. The molecule has 0 bridgehead atoms. The van der Waals surface area contributed by atoms with Gasteiger partial charge in [0.05, 0.1) is 13.2 Å². The summed E-state index contributed by atoms with van der Waals surface area (Å²) in [6.07, 6.45) is -1.62. The van der Waals surface area contributed by atoms with Gasteiger partial charge in [-0.15, -0.1) is 0 Å². The molecular formula is C24H46O13. The Morgan fingerprint density at radius 2 is 1.43 bits per heavy atom. The molecule has 220 valence electrons. The zero-order valence-corrected chi connectivity index (χ0v) is 21.5. The molecule has 0 aromatic heterocycles. The minimum atomic E-state index is -2.25. The van der Waals surface area contributed by atoms with Crippen molar-refractivity contribution in [2.24, 2.45) is 0 Å². The summed E-state index contributed by atoms with van der Waals surface area (Å²) < 4.78 is 15.2. The molecule has 2 aliphatic rings. The molecule has 0 unspecified atom stereocenters. The molecule has 2 saturated heterocycles. The fraction of sp³-hybridized carbons (Fsp3) is 0.958. The van der Waals surface area contributed by atoms with Gasteiger partial charge in [0, 0.05) is 6.42 Å². The summed E-state index contributed by atoms with van der Waals surface area (Å²) in [6.45, 7) is 0.0941. The third kappa shape index (κ3) is 10.6. The van der Waals surface area contributed by atoms with Gasteiger partial charge < -0.3 is 60.2 Å². The second-order valence-electron chi connectivity index (χ2n) is 9.57. The smallest absolute Gasteiger partial charge is 0.303 e. The molecule has 0 aromatic rings. The van der Waals surface area contributed by atoms with Gasteiger partial charge in [0.1, 0.15) is 49.3 Å². The molecule has 37 heavy (non-hydrogen) atoms. The van der Waals surface area contributed by atoms with Crippen LogP contribution >= 0.6 is 0 Å². The van der Waals surface area contributed by atoms with Gasteiger partial charge in [0.2, 0.25) is 5.79 Å². The van der Waals surface area contributed by atoms with Gasteiger partial charge in [-0.2, -0.15) is 0 Å². The number of aliphatic carboxylic acids is 1. The lowest BCUT2D eigenvalue weighted by atomic mass is 9.95. The van der Waals surface area contributed by atoms with E-state index < -0.39 is 80.6 Å². The van der Waals surface area contributed by atoms with Crippen LogP contribution in [0.4, 0.5) is 0 Å². The number of hydrogen-bond acceptors (Lipinski definition) is 12. The molecule has 2 aliphatic heterocycles. The number of carboxylic acid groups (broad SMARTS) is 1. The summed E-state index contributed by atoms with van der Waals surface area (Å²) in [5.74, 6) is -2.91. The number of ether oxygens (including phenoxy) is 3. The number of rotatable bonds is 14. The first-order valence-electron chi connectivity index (χ1n) is 13.0. The van der Waals surface area contributed by atoms with E-state index in [0.29, 0.717) is 6.42 Å². The zero-order valence-electron chi connectivity index (χ0n) is 21.5.